The zero-order chi connectivity index (χ0) is 12.4. The lowest BCUT2D eigenvalue weighted by Crippen LogP contribution is -2.24. The number of anilines is 1. The Morgan fingerprint density at radius 2 is 1.89 bits per heavy atom. The van der Waals surface area contributed by atoms with Crippen LogP contribution in [-0.2, 0) is 6.42 Å². The molecule has 3 rings (SSSR count). The number of rotatable bonds is 3. The highest BCUT2D eigenvalue weighted by Crippen LogP contribution is 2.25. The average molecular weight is 243 g/mol. The standard InChI is InChI=1S/C15H14FNO/c16-12-5-7-14(8-6-12)18-10-13-9-11-3-1-2-4-15(11)17-13/h1-8,13,17H,9-10H2. The molecule has 1 N–H and O–H groups in total. The Morgan fingerprint density at radius 1 is 1.11 bits per heavy atom. The van der Waals surface area contributed by atoms with Gasteiger partial charge in [-0.05, 0) is 42.3 Å². The van der Waals surface area contributed by atoms with Gasteiger partial charge in [0.05, 0.1) is 6.04 Å². The fraction of sp³-hybridized carbons (Fsp3) is 0.200. The summed E-state index contributed by atoms with van der Waals surface area (Å²) in [6.45, 7) is 0.584. The number of halogens is 1. The van der Waals surface area contributed by atoms with Gasteiger partial charge in [-0.15, -0.1) is 0 Å². The van der Waals surface area contributed by atoms with Gasteiger partial charge in [0.2, 0.25) is 0 Å². The molecular weight excluding hydrogens is 229 g/mol. The van der Waals surface area contributed by atoms with Gasteiger partial charge in [-0.3, -0.25) is 0 Å². The fourth-order valence-electron chi connectivity index (χ4n) is 2.20. The normalized spacial score (nSPS) is 17.1. The van der Waals surface area contributed by atoms with Crippen molar-refractivity contribution in [3.8, 4) is 5.75 Å². The second kappa shape index (κ2) is 4.69. The summed E-state index contributed by atoms with van der Waals surface area (Å²) in [5.41, 5.74) is 2.51. The van der Waals surface area contributed by atoms with Crippen LogP contribution in [0.2, 0.25) is 0 Å². The van der Waals surface area contributed by atoms with Crippen LogP contribution in [0.4, 0.5) is 10.1 Å². The average Bonchev–Trinajstić information content (AvgIpc) is 2.81. The molecule has 18 heavy (non-hydrogen) atoms. The smallest absolute Gasteiger partial charge is 0.123 e. The predicted octanol–water partition coefficient (Wildman–Crippen LogP) is 3.24. The molecule has 2 aromatic rings. The van der Waals surface area contributed by atoms with Crippen LogP contribution < -0.4 is 10.1 Å². The summed E-state index contributed by atoms with van der Waals surface area (Å²) < 4.78 is 18.4. The molecule has 1 unspecified atom stereocenters. The largest absolute Gasteiger partial charge is 0.491 e. The third kappa shape index (κ3) is 2.30. The van der Waals surface area contributed by atoms with Crippen LogP contribution in [0.15, 0.2) is 48.5 Å². The molecule has 1 atom stereocenters. The minimum Gasteiger partial charge on any atom is -0.491 e. The number of nitrogens with one attached hydrogen (secondary N) is 1. The minimum atomic E-state index is -0.242. The predicted molar refractivity (Wildman–Crippen MR) is 69.5 cm³/mol. The van der Waals surface area contributed by atoms with Crippen molar-refractivity contribution in [3.63, 3.8) is 0 Å². The third-order valence-corrected chi connectivity index (χ3v) is 3.11. The molecule has 1 aliphatic heterocycles. The van der Waals surface area contributed by atoms with E-state index in [-0.39, 0.29) is 11.9 Å². The van der Waals surface area contributed by atoms with E-state index in [4.69, 9.17) is 4.74 Å². The second-order valence-corrected chi connectivity index (χ2v) is 4.47. The van der Waals surface area contributed by atoms with E-state index in [1.807, 2.05) is 12.1 Å². The number of para-hydroxylation sites is 1. The van der Waals surface area contributed by atoms with Crippen molar-refractivity contribution in [3.05, 3.63) is 59.9 Å². The van der Waals surface area contributed by atoms with Gasteiger partial charge in [0, 0.05) is 5.69 Å². The summed E-state index contributed by atoms with van der Waals surface area (Å²) in [6.07, 6.45) is 0.970. The van der Waals surface area contributed by atoms with Crippen molar-refractivity contribution in [1.29, 1.82) is 0 Å². The summed E-state index contributed by atoms with van der Waals surface area (Å²) in [6, 6.07) is 14.7. The van der Waals surface area contributed by atoms with Crippen LogP contribution in [0.3, 0.4) is 0 Å². The first-order valence-corrected chi connectivity index (χ1v) is 6.04. The van der Waals surface area contributed by atoms with Gasteiger partial charge in [-0.2, -0.15) is 0 Å². The van der Waals surface area contributed by atoms with Crippen molar-refractivity contribution in [2.75, 3.05) is 11.9 Å². The zero-order valence-electron chi connectivity index (χ0n) is 9.90. The first-order chi connectivity index (χ1) is 8.81. The maximum absolute atomic E-state index is 12.7. The van der Waals surface area contributed by atoms with E-state index in [0.29, 0.717) is 12.4 Å². The van der Waals surface area contributed by atoms with Gasteiger partial charge in [-0.1, -0.05) is 18.2 Å². The first kappa shape index (κ1) is 11.1. The maximum Gasteiger partial charge on any atom is 0.123 e. The lowest BCUT2D eigenvalue weighted by atomic mass is 10.1. The summed E-state index contributed by atoms with van der Waals surface area (Å²) in [4.78, 5) is 0. The molecule has 0 bridgehead atoms. The van der Waals surface area contributed by atoms with Crippen LogP contribution in [-0.4, -0.2) is 12.6 Å². The maximum atomic E-state index is 12.7. The van der Waals surface area contributed by atoms with Crippen LogP contribution in [0.25, 0.3) is 0 Å². The van der Waals surface area contributed by atoms with Crippen molar-refractivity contribution in [1.82, 2.24) is 0 Å². The molecule has 1 aliphatic rings. The highest BCUT2D eigenvalue weighted by Gasteiger charge is 2.20. The van der Waals surface area contributed by atoms with Crippen LogP contribution in [0.5, 0.6) is 5.75 Å². The van der Waals surface area contributed by atoms with Crippen LogP contribution in [0, 0.1) is 5.82 Å². The Balaban J connectivity index is 1.58. The molecule has 0 aromatic heterocycles. The first-order valence-electron chi connectivity index (χ1n) is 6.04. The molecule has 0 amide bonds. The van der Waals surface area contributed by atoms with E-state index < -0.39 is 0 Å². The van der Waals surface area contributed by atoms with Gasteiger partial charge in [0.25, 0.3) is 0 Å². The van der Waals surface area contributed by atoms with E-state index >= 15 is 0 Å². The summed E-state index contributed by atoms with van der Waals surface area (Å²) in [5.74, 6) is 0.461. The van der Waals surface area contributed by atoms with Gasteiger partial charge in [-0.25, -0.2) is 4.39 Å². The van der Waals surface area contributed by atoms with E-state index in [0.717, 1.165) is 6.42 Å². The molecule has 0 fully saturated rings. The third-order valence-electron chi connectivity index (χ3n) is 3.11. The van der Waals surface area contributed by atoms with E-state index in [1.54, 1.807) is 12.1 Å². The highest BCUT2D eigenvalue weighted by atomic mass is 19.1. The van der Waals surface area contributed by atoms with E-state index in [1.165, 1.54) is 23.4 Å². The Labute approximate surface area is 105 Å². The Hall–Kier alpha value is -2.03. The molecule has 2 nitrogen and oxygen atoms in total. The Bertz CT molecular complexity index is 513. The number of fused-ring (bicyclic) bond motifs is 1. The van der Waals surface area contributed by atoms with Gasteiger partial charge >= 0.3 is 0 Å². The summed E-state index contributed by atoms with van der Waals surface area (Å²) in [7, 11) is 0. The molecule has 1 heterocycles. The van der Waals surface area contributed by atoms with Gasteiger partial charge in [0.1, 0.15) is 18.2 Å². The SMILES string of the molecule is Fc1ccc(OCC2Cc3ccccc3N2)cc1. The zero-order valence-corrected chi connectivity index (χ0v) is 9.90. The summed E-state index contributed by atoms with van der Waals surface area (Å²) >= 11 is 0. The fourth-order valence-corrected chi connectivity index (χ4v) is 2.20. The molecule has 0 aliphatic carbocycles. The monoisotopic (exact) mass is 243 g/mol. The highest BCUT2D eigenvalue weighted by molar-refractivity contribution is 5.56. The van der Waals surface area contributed by atoms with Crippen LogP contribution >= 0.6 is 0 Å². The Morgan fingerprint density at radius 3 is 2.67 bits per heavy atom. The molecule has 2 aromatic carbocycles. The van der Waals surface area contributed by atoms with E-state index in [9.17, 15) is 4.39 Å². The molecule has 0 saturated carbocycles. The lowest BCUT2D eigenvalue weighted by molar-refractivity contribution is 0.299. The van der Waals surface area contributed by atoms with Gasteiger partial charge in [0.15, 0.2) is 0 Å². The van der Waals surface area contributed by atoms with E-state index in [2.05, 4.69) is 17.4 Å². The van der Waals surface area contributed by atoms with Crippen molar-refractivity contribution >= 4 is 5.69 Å². The number of hydrogen-bond donors (Lipinski definition) is 1. The molecule has 92 valence electrons. The quantitative estimate of drug-likeness (QED) is 0.893. The molecule has 0 radical (unpaired) electrons. The molecule has 0 spiro atoms. The number of benzene rings is 2. The summed E-state index contributed by atoms with van der Waals surface area (Å²) in [5, 5.41) is 3.42. The van der Waals surface area contributed by atoms with Crippen molar-refractivity contribution < 1.29 is 9.13 Å². The second-order valence-electron chi connectivity index (χ2n) is 4.47. The molecular formula is C15H14FNO. The topological polar surface area (TPSA) is 21.3 Å². The van der Waals surface area contributed by atoms with Crippen molar-refractivity contribution in [2.24, 2.45) is 0 Å². The molecule has 3 heteroatoms. The number of ether oxygens (including phenoxy) is 1. The van der Waals surface area contributed by atoms with Crippen LogP contribution in [0.1, 0.15) is 5.56 Å². The Kier molecular flexibility index (Phi) is 2.89. The molecule has 0 saturated heterocycles. The van der Waals surface area contributed by atoms with Crippen molar-refractivity contribution in [2.45, 2.75) is 12.5 Å². The van der Waals surface area contributed by atoms with Gasteiger partial charge < -0.3 is 10.1 Å². The lowest BCUT2D eigenvalue weighted by Gasteiger charge is -2.12. The number of hydrogen-bond acceptors (Lipinski definition) is 2. The minimum absolute atomic E-state index is 0.242.